The van der Waals surface area contributed by atoms with E-state index in [-0.39, 0.29) is 23.4 Å². The summed E-state index contributed by atoms with van der Waals surface area (Å²) in [5.74, 6) is 0.916. The number of aliphatic hydroxyl groups is 3. The highest BCUT2D eigenvalue weighted by molar-refractivity contribution is 5.77. The van der Waals surface area contributed by atoms with Crippen molar-refractivity contribution in [3.63, 3.8) is 0 Å². The molecule has 0 amide bonds. The van der Waals surface area contributed by atoms with Crippen LogP contribution in [0.15, 0.2) is 47.6 Å². The zero-order chi connectivity index (χ0) is 26.8. The van der Waals surface area contributed by atoms with Gasteiger partial charge in [0.05, 0.1) is 29.8 Å². The number of hydrogen-bond acceptors (Lipinski definition) is 5. The summed E-state index contributed by atoms with van der Waals surface area (Å²) in [6.07, 6.45) is 12.6. The van der Waals surface area contributed by atoms with Gasteiger partial charge in [-0.25, -0.2) is 0 Å². The van der Waals surface area contributed by atoms with Gasteiger partial charge in [-0.05, 0) is 101 Å². The summed E-state index contributed by atoms with van der Waals surface area (Å²) >= 11 is 0. The Labute approximate surface area is 218 Å². The van der Waals surface area contributed by atoms with Crippen molar-refractivity contribution < 1.29 is 24.9 Å². The van der Waals surface area contributed by atoms with Gasteiger partial charge in [-0.15, -0.1) is 0 Å². The third-order valence-corrected chi connectivity index (χ3v) is 9.14. The zero-order valence-electron chi connectivity index (χ0n) is 23.2. The fourth-order valence-corrected chi connectivity index (χ4v) is 6.75. The van der Waals surface area contributed by atoms with Crippen molar-refractivity contribution >= 4 is 5.97 Å². The minimum Gasteiger partial charge on any atom is -0.462 e. The third-order valence-electron chi connectivity index (χ3n) is 9.14. The molecule has 3 rings (SSSR count). The van der Waals surface area contributed by atoms with Crippen molar-refractivity contribution in [2.75, 3.05) is 0 Å². The zero-order valence-corrected chi connectivity index (χ0v) is 23.2. The molecule has 5 heteroatoms. The van der Waals surface area contributed by atoms with E-state index in [2.05, 4.69) is 38.7 Å². The smallest absolute Gasteiger partial charge is 0.314 e. The topological polar surface area (TPSA) is 87.0 Å². The highest BCUT2D eigenvalue weighted by Gasteiger charge is 2.50. The Bertz CT molecular complexity index is 910. The number of allylic oxidation sites excluding steroid dienone is 4. The molecule has 0 bridgehead atoms. The van der Waals surface area contributed by atoms with Crippen LogP contribution in [-0.4, -0.2) is 45.7 Å². The molecule has 7 atom stereocenters. The Morgan fingerprint density at radius 2 is 1.86 bits per heavy atom. The van der Waals surface area contributed by atoms with Gasteiger partial charge >= 0.3 is 5.97 Å². The van der Waals surface area contributed by atoms with E-state index in [0.717, 1.165) is 36.8 Å². The highest BCUT2D eigenvalue weighted by atomic mass is 16.5. The van der Waals surface area contributed by atoms with Gasteiger partial charge in [0.2, 0.25) is 0 Å². The summed E-state index contributed by atoms with van der Waals surface area (Å²) in [5, 5.41) is 31.1. The maximum Gasteiger partial charge on any atom is 0.314 e. The molecule has 3 N–H and O–H groups in total. The molecular formula is C31H48O5. The third kappa shape index (κ3) is 6.06. The average Bonchev–Trinajstić information content (AvgIpc) is 3.15. The molecule has 0 saturated heterocycles. The van der Waals surface area contributed by atoms with Crippen LogP contribution in [0, 0.1) is 28.6 Å². The number of carbonyl (C=O) groups is 1. The van der Waals surface area contributed by atoms with Crippen LogP contribution in [0.25, 0.3) is 0 Å². The van der Waals surface area contributed by atoms with Crippen LogP contribution in [0.2, 0.25) is 0 Å². The molecule has 36 heavy (non-hydrogen) atoms. The van der Waals surface area contributed by atoms with Crippen LogP contribution >= 0.6 is 0 Å². The highest BCUT2D eigenvalue weighted by Crippen LogP contribution is 2.59. The molecule has 5 nitrogen and oxygen atoms in total. The molecule has 3 fully saturated rings. The van der Waals surface area contributed by atoms with Gasteiger partial charge in [-0.2, -0.15) is 0 Å². The molecule has 0 aliphatic heterocycles. The van der Waals surface area contributed by atoms with Gasteiger partial charge in [0.15, 0.2) is 0 Å². The lowest BCUT2D eigenvalue weighted by atomic mass is 9.61. The summed E-state index contributed by atoms with van der Waals surface area (Å²) in [7, 11) is 0. The monoisotopic (exact) mass is 500 g/mol. The van der Waals surface area contributed by atoms with E-state index in [9.17, 15) is 20.1 Å². The largest absolute Gasteiger partial charge is 0.462 e. The molecule has 202 valence electrons. The SMILES string of the molecule is C=C1C(=CC=C2CCC[C@]3(C)[C@@H]([C@H](C)/C=C/[C@@H](O)C(C)(C)C(=O)OC(C)C)CC[C@@H]23)C[C@@H](O)C[C@@H]1O. The fourth-order valence-electron chi connectivity index (χ4n) is 6.75. The van der Waals surface area contributed by atoms with Crippen molar-refractivity contribution in [2.24, 2.45) is 28.6 Å². The molecule has 3 saturated carbocycles. The minimum atomic E-state index is -0.999. The molecule has 0 heterocycles. The van der Waals surface area contributed by atoms with Gasteiger partial charge in [0.25, 0.3) is 0 Å². The first kappa shape index (κ1) is 28.9. The lowest BCUT2D eigenvalue weighted by molar-refractivity contribution is -0.162. The van der Waals surface area contributed by atoms with E-state index >= 15 is 0 Å². The molecule has 0 aromatic rings. The molecule has 3 aliphatic rings. The summed E-state index contributed by atoms with van der Waals surface area (Å²) in [5.41, 5.74) is 2.35. The van der Waals surface area contributed by atoms with Crippen LogP contribution in [0.5, 0.6) is 0 Å². The van der Waals surface area contributed by atoms with Crippen LogP contribution in [0.1, 0.15) is 86.5 Å². The number of esters is 1. The first-order valence-corrected chi connectivity index (χ1v) is 13.8. The minimum absolute atomic E-state index is 0.186. The summed E-state index contributed by atoms with van der Waals surface area (Å²) < 4.78 is 5.35. The maximum atomic E-state index is 12.5. The first-order chi connectivity index (χ1) is 16.8. The van der Waals surface area contributed by atoms with Crippen molar-refractivity contribution in [1.82, 2.24) is 0 Å². The van der Waals surface area contributed by atoms with Gasteiger partial charge < -0.3 is 20.1 Å². The van der Waals surface area contributed by atoms with E-state index in [0.29, 0.717) is 24.7 Å². The molecule has 0 spiro atoms. The van der Waals surface area contributed by atoms with Crippen LogP contribution in [0.3, 0.4) is 0 Å². The maximum absolute atomic E-state index is 12.5. The quantitative estimate of drug-likeness (QED) is 0.310. The standard InChI is InChI=1S/C31H48O5/c1-19(2)36-29(35)30(5,6)28(34)15-10-20(3)25-13-14-26-22(9-8-16-31(25,26)7)11-12-23-17-24(32)18-27(33)21(23)4/h10-12,15,19-20,24-28,32-34H,4,8-9,13-14,16-18H2,1-3,5-7H3/b15-10+,22-11?,23-12?/t20-,24-,25-,26+,27+,28-,31-/m1/s1. The molecule has 0 aromatic heterocycles. The van der Waals surface area contributed by atoms with Crippen LogP contribution in [0.4, 0.5) is 0 Å². The van der Waals surface area contributed by atoms with Crippen molar-refractivity contribution in [3.05, 3.63) is 47.6 Å². The van der Waals surface area contributed by atoms with E-state index in [4.69, 9.17) is 4.74 Å². The average molecular weight is 501 g/mol. The number of fused-ring (bicyclic) bond motifs is 1. The van der Waals surface area contributed by atoms with E-state index in [1.807, 2.05) is 13.8 Å². The summed E-state index contributed by atoms with van der Waals surface area (Å²) in [6.45, 7) is 15.8. The molecule has 0 radical (unpaired) electrons. The Morgan fingerprint density at radius 3 is 2.53 bits per heavy atom. The second-order valence-corrected chi connectivity index (χ2v) is 12.5. The van der Waals surface area contributed by atoms with Gasteiger partial charge in [0, 0.05) is 6.42 Å². The van der Waals surface area contributed by atoms with Crippen LogP contribution in [-0.2, 0) is 9.53 Å². The molecule has 0 unspecified atom stereocenters. The predicted molar refractivity (Wildman–Crippen MR) is 144 cm³/mol. The van der Waals surface area contributed by atoms with Crippen molar-refractivity contribution in [1.29, 1.82) is 0 Å². The molecular weight excluding hydrogens is 452 g/mol. The summed E-state index contributed by atoms with van der Waals surface area (Å²) in [6, 6.07) is 0. The summed E-state index contributed by atoms with van der Waals surface area (Å²) in [4.78, 5) is 12.5. The molecule has 3 aliphatic carbocycles. The van der Waals surface area contributed by atoms with Gasteiger partial charge in [-0.3, -0.25) is 4.79 Å². The lowest BCUT2D eigenvalue weighted by Crippen LogP contribution is -2.39. The Kier molecular flexibility index (Phi) is 9.12. The fraction of sp³-hybridized carbons (Fsp3) is 0.710. The second-order valence-electron chi connectivity index (χ2n) is 12.5. The second kappa shape index (κ2) is 11.4. The van der Waals surface area contributed by atoms with Gasteiger partial charge in [-0.1, -0.05) is 50.3 Å². The van der Waals surface area contributed by atoms with E-state index < -0.39 is 23.7 Å². The number of carbonyl (C=O) groups excluding carboxylic acids is 1. The Balaban J connectivity index is 1.72. The number of aliphatic hydroxyl groups excluding tert-OH is 3. The number of rotatable bonds is 7. The first-order valence-electron chi connectivity index (χ1n) is 13.8. The van der Waals surface area contributed by atoms with Crippen molar-refractivity contribution in [2.45, 2.75) is 111 Å². The molecule has 0 aromatic carbocycles. The van der Waals surface area contributed by atoms with E-state index in [1.165, 1.54) is 12.0 Å². The Hall–Kier alpha value is -1.69. The number of ether oxygens (including phenoxy) is 1. The van der Waals surface area contributed by atoms with Crippen molar-refractivity contribution in [3.8, 4) is 0 Å². The Morgan fingerprint density at radius 1 is 1.17 bits per heavy atom. The normalized spacial score (nSPS) is 35.4. The predicted octanol–water partition coefficient (Wildman–Crippen LogP) is 5.66. The number of hydrogen-bond donors (Lipinski definition) is 3. The van der Waals surface area contributed by atoms with Gasteiger partial charge in [0.1, 0.15) is 0 Å². The lowest BCUT2D eigenvalue weighted by Gasteiger charge is -2.44. The van der Waals surface area contributed by atoms with E-state index in [1.54, 1.807) is 19.9 Å². The van der Waals surface area contributed by atoms with Crippen LogP contribution < -0.4 is 0 Å².